The number of carbonyl (C=O) groups excluding carboxylic acids is 3. The van der Waals surface area contributed by atoms with Gasteiger partial charge in [-0.1, -0.05) is 30.3 Å². The number of ether oxygens (including phenoxy) is 1. The predicted molar refractivity (Wildman–Crippen MR) is 88.6 cm³/mol. The highest BCUT2D eigenvalue weighted by Gasteiger charge is 2.21. The van der Waals surface area contributed by atoms with Crippen LogP contribution in [-0.2, 0) is 23.1 Å². The molecule has 1 N–H and O–H groups in total. The molecule has 126 valence electrons. The van der Waals surface area contributed by atoms with Gasteiger partial charge in [0.25, 0.3) is 5.91 Å². The van der Waals surface area contributed by atoms with Crippen LogP contribution in [0.5, 0.6) is 0 Å². The number of nitrogens with one attached hydrogen (secondary N) is 1. The zero-order valence-corrected chi connectivity index (χ0v) is 13.9. The molecule has 0 saturated carbocycles. The van der Waals surface area contributed by atoms with Crippen LogP contribution in [0, 0.1) is 0 Å². The van der Waals surface area contributed by atoms with E-state index in [1.807, 2.05) is 30.3 Å². The minimum absolute atomic E-state index is 0.140. The van der Waals surface area contributed by atoms with Gasteiger partial charge in [0.1, 0.15) is 5.69 Å². The molecule has 2 rings (SSSR count). The van der Waals surface area contributed by atoms with Gasteiger partial charge in [-0.25, -0.2) is 4.79 Å². The SMILES string of the molecule is CC(=O)c1cc(C(=O)O[C@@H](C)C(=O)NCc2ccccc2)n(C)c1. The van der Waals surface area contributed by atoms with Crippen LogP contribution in [-0.4, -0.2) is 28.3 Å². The Morgan fingerprint density at radius 2 is 1.88 bits per heavy atom. The van der Waals surface area contributed by atoms with Gasteiger partial charge in [-0.15, -0.1) is 0 Å². The molecule has 0 saturated heterocycles. The average molecular weight is 328 g/mol. The maximum absolute atomic E-state index is 12.2. The van der Waals surface area contributed by atoms with Gasteiger partial charge in [-0.2, -0.15) is 0 Å². The lowest BCUT2D eigenvalue weighted by atomic mass is 10.2. The molecule has 0 fully saturated rings. The van der Waals surface area contributed by atoms with E-state index in [-0.39, 0.29) is 17.4 Å². The Hall–Kier alpha value is -2.89. The van der Waals surface area contributed by atoms with Crippen LogP contribution >= 0.6 is 0 Å². The van der Waals surface area contributed by atoms with E-state index in [0.29, 0.717) is 12.1 Å². The van der Waals surface area contributed by atoms with Crippen molar-refractivity contribution in [1.29, 1.82) is 0 Å². The second-order valence-electron chi connectivity index (χ2n) is 5.53. The fraction of sp³-hybridized carbons (Fsp3) is 0.278. The normalized spacial score (nSPS) is 11.6. The van der Waals surface area contributed by atoms with Crippen molar-refractivity contribution >= 4 is 17.7 Å². The van der Waals surface area contributed by atoms with Crippen LogP contribution < -0.4 is 5.32 Å². The second-order valence-corrected chi connectivity index (χ2v) is 5.53. The van der Waals surface area contributed by atoms with Crippen molar-refractivity contribution in [3.05, 3.63) is 59.4 Å². The Labute approximate surface area is 140 Å². The summed E-state index contributed by atoms with van der Waals surface area (Å²) >= 11 is 0. The topological polar surface area (TPSA) is 77.4 Å². The smallest absolute Gasteiger partial charge is 0.355 e. The summed E-state index contributed by atoms with van der Waals surface area (Å²) in [5.41, 5.74) is 1.60. The number of nitrogens with zero attached hydrogens (tertiary/aromatic N) is 1. The number of aromatic nitrogens is 1. The fourth-order valence-corrected chi connectivity index (χ4v) is 2.16. The summed E-state index contributed by atoms with van der Waals surface area (Å²) in [6, 6.07) is 10.9. The lowest BCUT2D eigenvalue weighted by molar-refractivity contribution is -0.129. The Kier molecular flexibility index (Phi) is 5.52. The minimum Gasteiger partial charge on any atom is -0.448 e. The van der Waals surface area contributed by atoms with Crippen LogP contribution in [0.25, 0.3) is 0 Å². The maximum atomic E-state index is 12.2. The number of aryl methyl sites for hydroxylation is 1. The summed E-state index contributed by atoms with van der Waals surface area (Å²) in [6.07, 6.45) is 0.621. The molecule has 24 heavy (non-hydrogen) atoms. The van der Waals surface area contributed by atoms with Crippen molar-refractivity contribution in [3.8, 4) is 0 Å². The summed E-state index contributed by atoms with van der Waals surface area (Å²) < 4.78 is 6.69. The number of rotatable bonds is 6. The number of carbonyl (C=O) groups is 3. The highest BCUT2D eigenvalue weighted by molar-refractivity contribution is 5.98. The molecular formula is C18H20N2O4. The van der Waals surface area contributed by atoms with E-state index >= 15 is 0 Å². The van der Waals surface area contributed by atoms with Crippen molar-refractivity contribution in [2.45, 2.75) is 26.5 Å². The van der Waals surface area contributed by atoms with Crippen LogP contribution in [0.3, 0.4) is 0 Å². The van der Waals surface area contributed by atoms with E-state index in [0.717, 1.165) is 5.56 Å². The molecule has 0 aliphatic rings. The summed E-state index contributed by atoms with van der Waals surface area (Å²) in [5, 5.41) is 2.72. The molecule has 6 nitrogen and oxygen atoms in total. The first-order chi connectivity index (χ1) is 11.4. The van der Waals surface area contributed by atoms with E-state index in [4.69, 9.17) is 4.74 Å². The number of Topliss-reactive ketones (excluding diaryl/α,β-unsaturated/α-hetero) is 1. The molecule has 0 spiro atoms. The number of benzene rings is 1. The van der Waals surface area contributed by atoms with Crippen molar-refractivity contribution in [1.82, 2.24) is 9.88 Å². The Balaban J connectivity index is 1.93. The van der Waals surface area contributed by atoms with E-state index in [9.17, 15) is 14.4 Å². The van der Waals surface area contributed by atoms with Crippen molar-refractivity contribution in [2.24, 2.45) is 7.05 Å². The summed E-state index contributed by atoms with van der Waals surface area (Å²) in [5.74, 6) is -1.17. The van der Waals surface area contributed by atoms with E-state index in [1.54, 1.807) is 13.2 Å². The van der Waals surface area contributed by atoms with Gasteiger partial charge >= 0.3 is 5.97 Å². The third-order valence-electron chi connectivity index (χ3n) is 3.58. The molecule has 0 bridgehead atoms. The molecule has 1 heterocycles. The quantitative estimate of drug-likeness (QED) is 0.650. The molecule has 1 aromatic carbocycles. The molecular weight excluding hydrogens is 308 g/mol. The van der Waals surface area contributed by atoms with Gasteiger partial charge in [0.15, 0.2) is 11.9 Å². The van der Waals surface area contributed by atoms with Crippen LogP contribution in [0.4, 0.5) is 0 Å². The third kappa shape index (κ3) is 4.32. The Morgan fingerprint density at radius 3 is 2.46 bits per heavy atom. The summed E-state index contributed by atoms with van der Waals surface area (Å²) in [4.78, 5) is 35.5. The standard InChI is InChI=1S/C18H20N2O4/c1-12(21)15-9-16(20(3)11-15)18(23)24-13(2)17(22)19-10-14-7-5-4-6-8-14/h4-9,11,13H,10H2,1-3H3,(H,19,22)/t13-/m0/s1. The van der Waals surface area contributed by atoms with E-state index < -0.39 is 12.1 Å². The van der Waals surface area contributed by atoms with E-state index in [1.165, 1.54) is 24.5 Å². The third-order valence-corrected chi connectivity index (χ3v) is 3.58. The first kappa shape index (κ1) is 17.5. The number of ketones is 1. The highest BCUT2D eigenvalue weighted by Crippen LogP contribution is 2.11. The first-order valence-corrected chi connectivity index (χ1v) is 7.58. The largest absolute Gasteiger partial charge is 0.448 e. The van der Waals surface area contributed by atoms with Crippen molar-refractivity contribution in [2.75, 3.05) is 0 Å². The molecule has 1 amide bonds. The number of amides is 1. The van der Waals surface area contributed by atoms with Gasteiger partial charge in [0.05, 0.1) is 0 Å². The second kappa shape index (κ2) is 7.59. The number of hydrogen-bond acceptors (Lipinski definition) is 4. The fourth-order valence-electron chi connectivity index (χ4n) is 2.16. The Morgan fingerprint density at radius 1 is 1.21 bits per heavy atom. The molecule has 1 atom stereocenters. The monoisotopic (exact) mass is 328 g/mol. The number of hydrogen-bond donors (Lipinski definition) is 1. The molecule has 2 aromatic rings. The molecule has 0 aliphatic heterocycles. The maximum Gasteiger partial charge on any atom is 0.355 e. The lowest BCUT2D eigenvalue weighted by Gasteiger charge is -2.13. The van der Waals surface area contributed by atoms with Gasteiger partial charge in [0.2, 0.25) is 0 Å². The molecule has 0 unspecified atom stereocenters. The predicted octanol–water partition coefficient (Wildman–Crippen LogP) is 2.09. The average Bonchev–Trinajstić information content (AvgIpc) is 2.95. The van der Waals surface area contributed by atoms with Crippen LogP contribution in [0.2, 0.25) is 0 Å². The van der Waals surface area contributed by atoms with Gasteiger partial charge < -0.3 is 14.6 Å². The number of esters is 1. The van der Waals surface area contributed by atoms with Crippen molar-refractivity contribution in [3.63, 3.8) is 0 Å². The van der Waals surface area contributed by atoms with Crippen LogP contribution in [0.1, 0.15) is 40.3 Å². The van der Waals surface area contributed by atoms with Gasteiger partial charge in [-0.3, -0.25) is 9.59 Å². The first-order valence-electron chi connectivity index (χ1n) is 7.58. The van der Waals surface area contributed by atoms with E-state index in [2.05, 4.69) is 5.32 Å². The lowest BCUT2D eigenvalue weighted by Crippen LogP contribution is -2.35. The van der Waals surface area contributed by atoms with Gasteiger partial charge in [-0.05, 0) is 25.5 Å². The van der Waals surface area contributed by atoms with Crippen LogP contribution in [0.15, 0.2) is 42.6 Å². The highest BCUT2D eigenvalue weighted by atomic mass is 16.5. The molecule has 1 aromatic heterocycles. The summed E-state index contributed by atoms with van der Waals surface area (Å²) in [7, 11) is 1.64. The van der Waals surface area contributed by atoms with Crippen molar-refractivity contribution < 1.29 is 19.1 Å². The zero-order valence-electron chi connectivity index (χ0n) is 13.9. The Bertz CT molecular complexity index is 750. The minimum atomic E-state index is -0.933. The summed E-state index contributed by atoms with van der Waals surface area (Å²) in [6.45, 7) is 3.29. The zero-order chi connectivity index (χ0) is 17.7. The molecule has 0 radical (unpaired) electrons. The van der Waals surface area contributed by atoms with Gasteiger partial charge in [0, 0.05) is 25.4 Å². The molecule has 0 aliphatic carbocycles. The molecule has 6 heteroatoms.